The number of ether oxygens (including phenoxy) is 6. The molecular formula is C46H74O10. The maximum absolute atomic E-state index is 12.6. The Labute approximate surface area is 337 Å². The molecule has 14 atom stereocenters. The summed E-state index contributed by atoms with van der Waals surface area (Å²) in [6, 6.07) is 0. The van der Waals surface area contributed by atoms with Crippen molar-refractivity contribution in [2.45, 2.75) is 190 Å². The van der Waals surface area contributed by atoms with Crippen molar-refractivity contribution in [2.75, 3.05) is 6.61 Å². The second kappa shape index (κ2) is 18.6. The first-order valence-corrected chi connectivity index (χ1v) is 22.1. The van der Waals surface area contributed by atoms with Crippen LogP contribution in [0.2, 0.25) is 0 Å². The largest absolute Gasteiger partial charge is 0.463 e. The van der Waals surface area contributed by atoms with Gasteiger partial charge in [0.2, 0.25) is 0 Å². The molecule has 0 bridgehead atoms. The average Bonchev–Trinajstić information content (AvgIpc) is 3.46. The van der Waals surface area contributed by atoms with Crippen LogP contribution < -0.4 is 0 Å². The Balaban J connectivity index is 1.32. The molecule has 1 saturated heterocycles. The number of rotatable bonds is 15. The molecule has 10 heteroatoms. The van der Waals surface area contributed by atoms with Crippen LogP contribution in [-0.4, -0.2) is 67.3 Å². The topological polar surface area (TPSA) is 124 Å². The maximum atomic E-state index is 12.6. The molecule has 4 aliphatic carbocycles. The van der Waals surface area contributed by atoms with Crippen LogP contribution in [0.1, 0.15) is 153 Å². The van der Waals surface area contributed by atoms with Crippen molar-refractivity contribution < 1.29 is 47.6 Å². The van der Waals surface area contributed by atoms with Gasteiger partial charge < -0.3 is 28.4 Å². The normalized spacial score (nSPS) is 37.7. The van der Waals surface area contributed by atoms with Gasteiger partial charge in [0.1, 0.15) is 12.7 Å². The average molecular weight is 787 g/mol. The zero-order valence-electron chi connectivity index (χ0n) is 36.4. The minimum Gasteiger partial charge on any atom is -0.463 e. The van der Waals surface area contributed by atoms with Crippen molar-refractivity contribution in [3.8, 4) is 0 Å². The third-order valence-corrected chi connectivity index (χ3v) is 15.1. The predicted octanol–water partition coefficient (Wildman–Crippen LogP) is 9.16. The molecule has 0 amide bonds. The highest BCUT2D eigenvalue weighted by molar-refractivity contribution is 5.70. The molecule has 1 aliphatic heterocycles. The third kappa shape index (κ3) is 9.86. The molecular weight excluding hydrogens is 712 g/mol. The maximum Gasteiger partial charge on any atom is 0.306 e. The highest BCUT2D eigenvalue weighted by atomic mass is 16.7. The van der Waals surface area contributed by atoms with E-state index in [9.17, 15) is 19.2 Å². The standard InChI is InChI=1S/C46H74O10/c1-12-32(27(4)5)14-13-28(6)36-17-18-37-35-16-15-33-24-34(19-21-45(33,10)38(35)20-22-46(36,37)11)55-44-43(54-31(9)49)42(53-30(8)48)41(52-29(7)47)39(56-44)25-51-40(50)23-26(2)3/h15,26-28,32,34-39,41-44H,12-14,16-25H2,1-11H3/t28-,32?,34+,35?,36?,37?,38?,39+,41+,42-,43+,44+,45+,46-/m1/s1. The molecule has 0 aromatic heterocycles. The fraction of sp³-hybridized carbons (Fsp3) is 0.870. The van der Waals surface area contributed by atoms with E-state index in [-0.39, 0.29) is 30.5 Å². The van der Waals surface area contributed by atoms with E-state index in [1.165, 1.54) is 71.3 Å². The smallest absolute Gasteiger partial charge is 0.306 e. The number of hydrogen-bond donors (Lipinski definition) is 0. The number of carbonyl (C=O) groups excluding carboxylic acids is 4. The fourth-order valence-corrected chi connectivity index (χ4v) is 12.3. The van der Waals surface area contributed by atoms with Gasteiger partial charge in [-0.05, 0) is 116 Å². The van der Waals surface area contributed by atoms with Crippen molar-refractivity contribution in [1.82, 2.24) is 0 Å². The van der Waals surface area contributed by atoms with Crippen LogP contribution in [-0.2, 0) is 47.6 Å². The Kier molecular flexibility index (Phi) is 14.9. The van der Waals surface area contributed by atoms with Crippen molar-refractivity contribution >= 4 is 23.9 Å². The summed E-state index contributed by atoms with van der Waals surface area (Å²) in [4.78, 5) is 49.8. The second-order valence-corrected chi connectivity index (χ2v) is 19.5. The number of carbonyl (C=O) groups is 4. The van der Waals surface area contributed by atoms with Gasteiger partial charge in [0, 0.05) is 27.2 Å². The molecule has 318 valence electrons. The lowest BCUT2D eigenvalue weighted by molar-refractivity contribution is -0.318. The van der Waals surface area contributed by atoms with Gasteiger partial charge in [-0.3, -0.25) is 19.2 Å². The molecule has 4 fully saturated rings. The molecule has 0 radical (unpaired) electrons. The summed E-state index contributed by atoms with van der Waals surface area (Å²) in [5.41, 5.74) is 1.94. The molecule has 3 saturated carbocycles. The Morgan fingerprint density at radius 1 is 0.821 bits per heavy atom. The van der Waals surface area contributed by atoms with Gasteiger partial charge in [0.05, 0.1) is 6.10 Å². The summed E-state index contributed by atoms with van der Waals surface area (Å²) in [5.74, 6) is 2.97. The zero-order chi connectivity index (χ0) is 41.1. The molecule has 1 heterocycles. The molecule has 0 spiro atoms. The summed E-state index contributed by atoms with van der Waals surface area (Å²) in [5, 5.41) is 0. The summed E-state index contributed by atoms with van der Waals surface area (Å²) in [6.45, 7) is 22.1. The van der Waals surface area contributed by atoms with Gasteiger partial charge in [-0.25, -0.2) is 0 Å². The Morgan fingerprint density at radius 2 is 1.48 bits per heavy atom. The lowest BCUT2D eigenvalue weighted by Crippen LogP contribution is -2.63. The molecule has 5 unspecified atom stereocenters. The fourth-order valence-electron chi connectivity index (χ4n) is 12.3. The summed E-state index contributed by atoms with van der Waals surface area (Å²) >= 11 is 0. The van der Waals surface area contributed by atoms with Gasteiger partial charge in [0.25, 0.3) is 0 Å². The molecule has 0 aromatic rings. The number of hydrogen-bond acceptors (Lipinski definition) is 10. The first kappa shape index (κ1) is 44.6. The summed E-state index contributed by atoms with van der Waals surface area (Å²) < 4.78 is 35.7. The van der Waals surface area contributed by atoms with Crippen LogP contribution in [0.15, 0.2) is 11.6 Å². The molecule has 5 aliphatic rings. The van der Waals surface area contributed by atoms with Gasteiger partial charge in [-0.2, -0.15) is 0 Å². The number of fused-ring (bicyclic) bond motifs is 5. The van der Waals surface area contributed by atoms with E-state index in [4.69, 9.17) is 28.4 Å². The first-order chi connectivity index (χ1) is 26.4. The van der Waals surface area contributed by atoms with E-state index < -0.39 is 54.6 Å². The van der Waals surface area contributed by atoms with E-state index in [2.05, 4.69) is 47.6 Å². The van der Waals surface area contributed by atoms with Crippen molar-refractivity contribution in [2.24, 2.45) is 58.2 Å². The van der Waals surface area contributed by atoms with E-state index in [0.29, 0.717) is 17.3 Å². The van der Waals surface area contributed by atoms with Gasteiger partial charge in [-0.15, -0.1) is 0 Å². The van der Waals surface area contributed by atoms with Gasteiger partial charge in [0.15, 0.2) is 24.6 Å². The second-order valence-electron chi connectivity index (χ2n) is 19.5. The first-order valence-electron chi connectivity index (χ1n) is 22.1. The molecule has 5 rings (SSSR count). The van der Waals surface area contributed by atoms with Crippen molar-refractivity contribution in [1.29, 1.82) is 0 Å². The van der Waals surface area contributed by atoms with Crippen molar-refractivity contribution in [3.05, 3.63) is 11.6 Å². The van der Waals surface area contributed by atoms with E-state index >= 15 is 0 Å². The number of allylic oxidation sites excluding steroid dienone is 1. The summed E-state index contributed by atoms with van der Waals surface area (Å²) in [7, 11) is 0. The highest BCUT2D eigenvalue weighted by Crippen LogP contribution is 2.67. The van der Waals surface area contributed by atoms with Crippen LogP contribution in [0.3, 0.4) is 0 Å². The highest BCUT2D eigenvalue weighted by Gasteiger charge is 2.60. The Hall–Kier alpha value is -2.46. The van der Waals surface area contributed by atoms with Crippen LogP contribution in [0.5, 0.6) is 0 Å². The number of esters is 4. The minimum atomic E-state index is -1.24. The van der Waals surface area contributed by atoms with Gasteiger partial charge in [-0.1, -0.05) is 79.9 Å². The van der Waals surface area contributed by atoms with Crippen LogP contribution in [0.4, 0.5) is 0 Å². The summed E-state index contributed by atoms with van der Waals surface area (Å²) in [6.07, 6.45) is 9.49. The van der Waals surface area contributed by atoms with Crippen LogP contribution in [0.25, 0.3) is 0 Å². The van der Waals surface area contributed by atoms with Crippen LogP contribution in [0, 0.1) is 58.2 Å². The quantitative estimate of drug-likeness (QED) is 0.0902. The van der Waals surface area contributed by atoms with Crippen molar-refractivity contribution in [3.63, 3.8) is 0 Å². The lowest BCUT2D eigenvalue weighted by atomic mass is 9.47. The van der Waals surface area contributed by atoms with Gasteiger partial charge >= 0.3 is 23.9 Å². The van der Waals surface area contributed by atoms with E-state index in [1.54, 1.807) is 0 Å². The molecule has 56 heavy (non-hydrogen) atoms. The Bertz CT molecular complexity index is 1420. The predicted molar refractivity (Wildman–Crippen MR) is 213 cm³/mol. The Morgan fingerprint density at radius 3 is 2.11 bits per heavy atom. The third-order valence-electron chi connectivity index (χ3n) is 15.1. The monoisotopic (exact) mass is 787 g/mol. The zero-order valence-corrected chi connectivity index (χ0v) is 36.4. The SMILES string of the molecule is CCC(CC[C@@H](C)C1CCC2C3CC=C4C[C@@H](O[C@H]5O[C@@H](COC(=O)CC(C)C)[C@H](OC(C)=O)[C@@H](OC(C)=O)[C@@H]5OC(C)=O)CC[C@]4(C)C3CC[C@@]21C)C(C)C. The van der Waals surface area contributed by atoms with E-state index in [1.807, 2.05) is 13.8 Å². The van der Waals surface area contributed by atoms with Crippen LogP contribution >= 0.6 is 0 Å². The van der Waals surface area contributed by atoms with E-state index in [0.717, 1.165) is 55.3 Å². The lowest BCUT2D eigenvalue weighted by Gasteiger charge is -2.58. The molecule has 0 N–H and O–H groups in total. The minimum absolute atomic E-state index is 0.0775. The molecule has 0 aromatic carbocycles. The molecule has 10 nitrogen and oxygen atoms in total.